The zero-order chi connectivity index (χ0) is 14.9. The summed E-state index contributed by atoms with van der Waals surface area (Å²) in [5.41, 5.74) is 0.178. The van der Waals surface area contributed by atoms with Crippen LogP contribution in [0, 0.1) is 11.6 Å². The standard InChI is InChI=1S/C13H9ClF2N2O2/c1-7(20)12-11(6-19)13(14)18(17-12)5-8-2-9(15)4-10(16)3-8/h2-4,6H,5H2,1H3. The van der Waals surface area contributed by atoms with E-state index in [1.807, 2.05) is 0 Å². The first-order valence-corrected chi connectivity index (χ1v) is 5.97. The van der Waals surface area contributed by atoms with E-state index in [-0.39, 0.29) is 28.5 Å². The fourth-order valence-corrected chi connectivity index (χ4v) is 2.03. The highest BCUT2D eigenvalue weighted by Gasteiger charge is 2.19. The highest BCUT2D eigenvalue weighted by molar-refractivity contribution is 6.32. The molecule has 0 aliphatic heterocycles. The number of benzene rings is 1. The van der Waals surface area contributed by atoms with E-state index < -0.39 is 17.4 Å². The molecule has 0 aliphatic carbocycles. The van der Waals surface area contributed by atoms with Crippen LogP contribution in [0.25, 0.3) is 0 Å². The summed E-state index contributed by atoms with van der Waals surface area (Å²) in [5, 5.41) is 3.85. The van der Waals surface area contributed by atoms with Crippen molar-refractivity contribution in [3.05, 3.63) is 51.8 Å². The summed E-state index contributed by atoms with van der Waals surface area (Å²) < 4.78 is 27.3. The van der Waals surface area contributed by atoms with Crippen molar-refractivity contribution in [1.29, 1.82) is 0 Å². The first-order chi connectivity index (χ1) is 9.42. The molecule has 20 heavy (non-hydrogen) atoms. The molecule has 0 bridgehead atoms. The Morgan fingerprint density at radius 2 is 1.95 bits per heavy atom. The van der Waals surface area contributed by atoms with Crippen LogP contribution in [-0.2, 0) is 6.54 Å². The summed E-state index contributed by atoms with van der Waals surface area (Å²) in [6.45, 7) is 1.19. The van der Waals surface area contributed by atoms with E-state index >= 15 is 0 Å². The summed E-state index contributed by atoms with van der Waals surface area (Å²) in [6, 6.07) is 2.98. The van der Waals surface area contributed by atoms with E-state index in [1.54, 1.807) is 0 Å². The molecule has 0 saturated heterocycles. The van der Waals surface area contributed by atoms with Crippen LogP contribution < -0.4 is 0 Å². The lowest BCUT2D eigenvalue weighted by atomic mass is 10.2. The average molecular weight is 299 g/mol. The maximum Gasteiger partial charge on any atom is 0.180 e. The molecule has 1 aromatic carbocycles. The molecule has 0 fully saturated rings. The molecule has 0 spiro atoms. The van der Waals surface area contributed by atoms with E-state index in [0.29, 0.717) is 6.29 Å². The molecule has 1 heterocycles. The van der Waals surface area contributed by atoms with Crippen LogP contribution in [0.5, 0.6) is 0 Å². The van der Waals surface area contributed by atoms with Gasteiger partial charge in [-0.15, -0.1) is 0 Å². The Kier molecular flexibility index (Phi) is 3.94. The van der Waals surface area contributed by atoms with Crippen LogP contribution in [0.2, 0.25) is 5.15 Å². The van der Waals surface area contributed by atoms with Gasteiger partial charge in [-0.05, 0) is 17.7 Å². The van der Waals surface area contributed by atoms with Crippen molar-refractivity contribution in [3.63, 3.8) is 0 Å². The van der Waals surface area contributed by atoms with Gasteiger partial charge in [-0.1, -0.05) is 11.6 Å². The molecule has 0 amide bonds. The fourth-order valence-electron chi connectivity index (χ4n) is 1.80. The minimum absolute atomic E-state index is 0.0314. The second-order valence-electron chi connectivity index (χ2n) is 4.16. The van der Waals surface area contributed by atoms with Gasteiger partial charge in [0.2, 0.25) is 0 Å². The number of rotatable bonds is 4. The Bertz CT molecular complexity index is 678. The number of carbonyl (C=O) groups excluding carboxylic acids is 2. The van der Waals surface area contributed by atoms with Crippen molar-refractivity contribution in [2.75, 3.05) is 0 Å². The van der Waals surface area contributed by atoms with Gasteiger partial charge in [0, 0.05) is 13.0 Å². The molecule has 2 aromatic rings. The second kappa shape index (κ2) is 5.50. The molecule has 1 aromatic heterocycles. The number of hydrogen-bond donors (Lipinski definition) is 0. The first-order valence-electron chi connectivity index (χ1n) is 5.59. The van der Waals surface area contributed by atoms with Crippen molar-refractivity contribution in [1.82, 2.24) is 9.78 Å². The zero-order valence-corrected chi connectivity index (χ0v) is 11.1. The SMILES string of the molecule is CC(=O)c1nn(Cc2cc(F)cc(F)c2)c(Cl)c1C=O. The number of Topliss-reactive ketones (excluding diaryl/α,β-unsaturated/α-hetero) is 1. The summed E-state index contributed by atoms with van der Waals surface area (Å²) in [6.07, 6.45) is 0.425. The lowest BCUT2D eigenvalue weighted by Gasteiger charge is -2.04. The van der Waals surface area contributed by atoms with Crippen LogP contribution in [-0.4, -0.2) is 21.8 Å². The van der Waals surface area contributed by atoms with E-state index in [4.69, 9.17) is 11.6 Å². The summed E-state index contributed by atoms with van der Waals surface area (Å²) >= 11 is 5.93. The Morgan fingerprint density at radius 3 is 2.40 bits per heavy atom. The second-order valence-corrected chi connectivity index (χ2v) is 4.52. The quantitative estimate of drug-likeness (QED) is 0.644. The molecule has 7 heteroatoms. The topological polar surface area (TPSA) is 52.0 Å². The Balaban J connectivity index is 2.43. The van der Waals surface area contributed by atoms with E-state index in [1.165, 1.54) is 6.92 Å². The Morgan fingerprint density at radius 1 is 1.35 bits per heavy atom. The third-order valence-electron chi connectivity index (χ3n) is 2.63. The maximum atomic E-state index is 13.1. The number of halogens is 3. The number of aromatic nitrogens is 2. The van der Waals surface area contributed by atoms with Gasteiger partial charge in [-0.25, -0.2) is 13.5 Å². The maximum absolute atomic E-state index is 13.1. The Hall–Kier alpha value is -2.08. The summed E-state index contributed by atoms with van der Waals surface area (Å²) in [7, 11) is 0. The van der Waals surface area contributed by atoms with E-state index in [0.717, 1.165) is 22.9 Å². The molecule has 4 nitrogen and oxygen atoms in total. The highest BCUT2D eigenvalue weighted by atomic mass is 35.5. The summed E-state index contributed by atoms with van der Waals surface area (Å²) in [5.74, 6) is -1.88. The lowest BCUT2D eigenvalue weighted by molar-refractivity contribution is 0.100. The molecule has 0 atom stereocenters. The first kappa shape index (κ1) is 14.3. The number of carbonyl (C=O) groups is 2. The van der Waals surface area contributed by atoms with Crippen LogP contribution in [0.3, 0.4) is 0 Å². The lowest BCUT2D eigenvalue weighted by Crippen LogP contribution is -2.04. The van der Waals surface area contributed by atoms with Crippen molar-refractivity contribution in [2.45, 2.75) is 13.5 Å². The van der Waals surface area contributed by atoms with Gasteiger partial charge in [-0.2, -0.15) is 5.10 Å². The number of ketones is 1. The number of aldehydes is 1. The van der Waals surface area contributed by atoms with E-state index in [2.05, 4.69) is 5.10 Å². The highest BCUT2D eigenvalue weighted by Crippen LogP contribution is 2.20. The minimum atomic E-state index is -0.731. The molecule has 0 radical (unpaired) electrons. The summed E-state index contributed by atoms with van der Waals surface area (Å²) in [4.78, 5) is 22.3. The van der Waals surface area contributed by atoms with Crippen molar-refractivity contribution < 1.29 is 18.4 Å². The van der Waals surface area contributed by atoms with Crippen molar-refractivity contribution >= 4 is 23.7 Å². The number of nitrogens with zero attached hydrogens (tertiary/aromatic N) is 2. The predicted molar refractivity (Wildman–Crippen MR) is 68.1 cm³/mol. The van der Waals surface area contributed by atoms with Gasteiger partial charge in [0.05, 0.1) is 12.1 Å². The molecule has 0 saturated carbocycles. The predicted octanol–water partition coefficient (Wildman–Crippen LogP) is 2.88. The third-order valence-corrected chi connectivity index (χ3v) is 3.03. The van der Waals surface area contributed by atoms with Crippen LogP contribution in [0.15, 0.2) is 18.2 Å². The minimum Gasteiger partial charge on any atom is -0.298 e. The van der Waals surface area contributed by atoms with Gasteiger partial charge < -0.3 is 0 Å². The normalized spacial score (nSPS) is 10.6. The molecule has 2 rings (SSSR count). The third kappa shape index (κ3) is 2.75. The van der Waals surface area contributed by atoms with E-state index in [9.17, 15) is 18.4 Å². The van der Waals surface area contributed by atoms with Gasteiger partial charge in [0.15, 0.2) is 12.1 Å². The average Bonchev–Trinajstić information content (AvgIpc) is 2.65. The van der Waals surface area contributed by atoms with Crippen LogP contribution in [0.4, 0.5) is 8.78 Å². The van der Waals surface area contributed by atoms with Gasteiger partial charge in [0.25, 0.3) is 0 Å². The monoisotopic (exact) mass is 298 g/mol. The van der Waals surface area contributed by atoms with Crippen LogP contribution >= 0.6 is 11.6 Å². The molecule has 0 unspecified atom stereocenters. The van der Waals surface area contributed by atoms with Crippen molar-refractivity contribution in [3.8, 4) is 0 Å². The fraction of sp³-hybridized carbons (Fsp3) is 0.154. The molecule has 0 aliphatic rings. The van der Waals surface area contributed by atoms with Gasteiger partial charge >= 0.3 is 0 Å². The zero-order valence-electron chi connectivity index (χ0n) is 10.4. The smallest absolute Gasteiger partial charge is 0.180 e. The van der Waals surface area contributed by atoms with Crippen molar-refractivity contribution in [2.24, 2.45) is 0 Å². The van der Waals surface area contributed by atoms with Gasteiger partial charge in [0.1, 0.15) is 22.5 Å². The number of hydrogen-bond acceptors (Lipinski definition) is 3. The largest absolute Gasteiger partial charge is 0.298 e. The molecule has 0 N–H and O–H groups in total. The molecular weight excluding hydrogens is 290 g/mol. The van der Waals surface area contributed by atoms with Crippen LogP contribution in [0.1, 0.15) is 33.3 Å². The van der Waals surface area contributed by atoms with Gasteiger partial charge in [-0.3, -0.25) is 9.59 Å². The molecule has 104 valence electrons. The molecular formula is C13H9ClF2N2O2. The Labute approximate surface area is 118 Å².